The second-order valence-corrected chi connectivity index (χ2v) is 4.23. The Hall–Kier alpha value is -1.43. The summed E-state index contributed by atoms with van der Waals surface area (Å²) < 4.78 is 5.07. The predicted molar refractivity (Wildman–Crippen MR) is 56.9 cm³/mol. The SMILES string of the molecule is CC(C)NC(=O)c1noc(C2CCCN2)n1. The molecule has 1 aliphatic rings. The zero-order chi connectivity index (χ0) is 11.5. The lowest BCUT2D eigenvalue weighted by Crippen LogP contribution is -2.31. The molecule has 2 rings (SSSR count). The summed E-state index contributed by atoms with van der Waals surface area (Å²) >= 11 is 0. The van der Waals surface area contributed by atoms with Crippen molar-refractivity contribution in [3.05, 3.63) is 11.7 Å². The summed E-state index contributed by atoms with van der Waals surface area (Å²) in [5, 5.41) is 9.63. The van der Waals surface area contributed by atoms with Crippen LogP contribution in [0.25, 0.3) is 0 Å². The summed E-state index contributed by atoms with van der Waals surface area (Å²) in [7, 11) is 0. The van der Waals surface area contributed by atoms with Crippen molar-refractivity contribution in [1.82, 2.24) is 20.8 Å². The number of hydrogen-bond acceptors (Lipinski definition) is 5. The summed E-state index contributed by atoms with van der Waals surface area (Å²) in [5.74, 6) is 0.326. The molecule has 1 unspecified atom stereocenters. The summed E-state index contributed by atoms with van der Waals surface area (Å²) in [6.07, 6.45) is 2.08. The Balaban J connectivity index is 2.03. The molecule has 1 aromatic rings. The van der Waals surface area contributed by atoms with E-state index in [1.807, 2.05) is 13.8 Å². The maximum absolute atomic E-state index is 11.6. The predicted octanol–water partition coefficient (Wildman–Crippen LogP) is 0.632. The van der Waals surface area contributed by atoms with Gasteiger partial charge in [0.25, 0.3) is 11.7 Å². The van der Waals surface area contributed by atoms with E-state index in [4.69, 9.17) is 4.52 Å². The third-order valence-corrected chi connectivity index (χ3v) is 2.42. The molecule has 1 amide bonds. The quantitative estimate of drug-likeness (QED) is 0.787. The second kappa shape index (κ2) is 4.61. The molecule has 0 bridgehead atoms. The van der Waals surface area contributed by atoms with Crippen molar-refractivity contribution in [2.24, 2.45) is 0 Å². The van der Waals surface area contributed by atoms with Crippen molar-refractivity contribution < 1.29 is 9.32 Å². The molecule has 0 aromatic carbocycles. The Kier molecular flexibility index (Phi) is 3.19. The van der Waals surface area contributed by atoms with E-state index in [-0.39, 0.29) is 23.8 Å². The van der Waals surface area contributed by atoms with Gasteiger partial charge in [-0.15, -0.1) is 0 Å². The van der Waals surface area contributed by atoms with Gasteiger partial charge in [0.15, 0.2) is 0 Å². The van der Waals surface area contributed by atoms with Gasteiger partial charge >= 0.3 is 0 Å². The van der Waals surface area contributed by atoms with Crippen LogP contribution in [0.15, 0.2) is 4.52 Å². The van der Waals surface area contributed by atoms with Crippen molar-refractivity contribution in [3.63, 3.8) is 0 Å². The van der Waals surface area contributed by atoms with Gasteiger partial charge in [-0.05, 0) is 33.2 Å². The van der Waals surface area contributed by atoms with E-state index in [0.717, 1.165) is 19.4 Å². The van der Waals surface area contributed by atoms with Crippen molar-refractivity contribution in [1.29, 1.82) is 0 Å². The number of nitrogens with zero attached hydrogens (tertiary/aromatic N) is 2. The van der Waals surface area contributed by atoms with E-state index >= 15 is 0 Å². The monoisotopic (exact) mass is 224 g/mol. The molecule has 2 heterocycles. The molecule has 0 radical (unpaired) electrons. The van der Waals surface area contributed by atoms with Crippen molar-refractivity contribution >= 4 is 5.91 Å². The van der Waals surface area contributed by atoms with Crippen LogP contribution in [0.2, 0.25) is 0 Å². The Morgan fingerprint density at radius 3 is 3.06 bits per heavy atom. The van der Waals surface area contributed by atoms with E-state index < -0.39 is 0 Å². The summed E-state index contributed by atoms with van der Waals surface area (Å²) in [6.45, 7) is 4.73. The van der Waals surface area contributed by atoms with Gasteiger partial charge in [0.05, 0.1) is 6.04 Å². The highest BCUT2D eigenvalue weighted by Gasteiger charge is 2.24. The maximum atomic E-state index is 11.6. The molecule has 1 fully saturated rings. The molecule has 1 saturated heterocycles. The van der Waals surface area contributed by atoms with E-state index in [1.165, 1.54) is 0 Å². The Morgan fingerprint density at radius 2 is 2.44 bits per heavy atom. The standard InChI is InChI=1S/C10H16N4O2/c1-6(2)12-9(15)8-13-10(16-14-8)7-4-3-5-11-7/h6-7,11H,3-5H2,1-2H3,(H,12,15). The molecule has 2 N–H and O–H groups in total. The molecule has 16 heavy (non-hydrogen) atoms. The molecule has 0 spiro atoms. The maximum Gasteiger partial charge on any atom is 0.292 e. The topological polar surface area (TPSA) is 80.0 Å². The lowest BCUT2D eigenvalue weighted by atomic mass is 10.2. The van der Waals surface area contributed by atoms with Crippen LogP contribution < -0.4 is 10.6 Å². The van der Waals surface area contributed by atoms with Crippen LogP contribution in [-0.4, -0.2) is 28.6 Å². The molecule has 88 valence electrons. The van der Waals surface area contributed by atoms with Gasteiger partial charge in [-0.25, -0.2) is 0 Å². The largest absolute Gasteiger partial charge is 0.347 e. The normalized spacial score (nSPS) is 20.3. The van der Waals surface area contributed by atoms with Crippen molar-refractivity contribution in [3.8, 4) is 0 Å². The van der Waals surface area contributed by atoms with Gasteiger partial charge < -0.3 is 15.2 Å². The number of aromatic nitrogens is 2. The number of amides is 1. The second-order valence-electron chi connectivity index (χ2n) is 4.23. The van der Waals surface area contributed by atoms with E-state index in [2.05, 4.69) is 20.8 Å². The minimum atomic E-state index is -0.289. The van der Waals surface area contributed by atoms with E-state index in [9.17, 15) is 4.79 Å². The highest BCUT2D eigenvalue weighted by atomic mass is 16.5. The highest BCUT2D eigenvalue weighted by Crippen LogP contribution is 2.20. The fourth-order valence-corrected chi connectivity index (χ4v) is 1.69. The van der Waals surface area contributed by atoms with Crippen LogP contribution in [0.5, 0.6) is 0 Å². The van der Waals surface area contributed by atoms with Crippen LogP contribution in [-0.2, 0) is 0 Å². The third-order valence-electron chi connectivity index (χ3n) is 2.42. The number of carbonyl (C=O) groups excluding carboxylic acids is 1. The van der Waals surface area contributed by atoms with Gasteiger partial charge in [0.1, 0.15) is 0 Å². The smallest absolute Gasteiger partial charge is 0.292 e. The van der Waals surface area contributed by atoms with Crippen molar-refractivity contribution in [2.75, 3.05) is 6.54 Å². The molecular formula is C10H16N4O2. The molecule has 1 aliphatic heterocycles. The average molecular weight is 224 g/mol. The van der Waals surface area contributed by atoms with Crippen molar-refractivity contribution in [2.45, 2.75) is 38.8 Å². The number of rotatable bonds is 3. The first-order valence-corrected chi connectivity index (χ1v) is 5.54. The van der Waals surface area contributed by atoms with E-state index in [1.54, 1.807) is 0 Å². The minimum absolute atomic E-state index is 0.0686. The van der Waals surface area contributed by atoms with Crippen LogP contribution in [0, 0.1) is 0 Å². The van der Waals surface area contributed by atoms with Crippen LogP contribution >= 0.6 is 0 Å². The number of carbonyl (C=O) groups is 1. The van der Waals surface area contributed by atoms with Gasteiger partial charge in [-0.1, -0.05) is 5.16 Å². The first kappa shape index (κ1) is 11.1. The molecule has 0 aliphatic carbocycles. The van der Waals surface area contributed by atoms with Crippen LogP contribution in [0.3, 0.4) is 0 Å². The van der Waals surface area contributed by atoms with Crippen LogP contribution in [0.1, 0.15) is 49.2 Å². The average Bonchev–Trinajstić information content (AvgIpc) is 2.87. The molecule has 1 atom stereocenters. The molecule has 0 saturated carbocycles. The Bertz CT molecular complexity index is 369. The molecule has 6 nitrogen and oxygen atoms in total. The zero-order valence-corrected chi connectivity index (χ0v) is 9.49. The molecule has 1 aromatic heterocycles. The Labute approximate surface area is 93.8 Å². The third kappa shape index (κ3) is 2.38. The first-order chi connectivity index (χ1) is 7.66. The fraction of sp³-hybridized carbons (Fsp3) is 0.700. The fourth-order valence-electron chi connectivity index (χ4n) is 1.69. The summed E-state index contributed by atoms with van der Waals surface area (Å²) in [6, 6.07) is 0.173. The van der Waals surface area contributed by atoms with E-state index in [0.29, 0.717) is 5.89 Å². The Morgan fingerprint density at radius 1 is 1.62 bits per heavy atom. The minimum Gasteiger partial charge on any atom is -0.347 e. The highest BCUT2D eigenvalue weighted by molar-refractivity contribution is 5.90. The number of hydrogen-bond donors (Lipinski definition) is 2. The summed E-state index contributed by atoms with van der Waals surface area (Å²) in [4.78, 5) is 15.7. The van der Waals surface area contributed by atoms with Crippen LogP contribution in [0.4, 0.5) is 0 Å². The van der Waals surface area contributed by atoms with Gasteiger partial charge in [-0.3, -0.25) is 4.79 Å². The molecular weight excluding hydrogens is 208 g/mol. The number of nitrogens with one attached hydrogen (secondary N) is 2. The lowest BCUT2D eigenvalue weighted by molar-refractivity contribution is 0.0929. The lowest BCUT2D eigenvalue weighted by Gasteiger charge is -2.04. The van der Waals surface area contributed by atoms with Gasteiger partial charge in [0, 0.05) is 6.04 Å². The van der Waals surface area contributed by atoms with Gasteiger partial charge in [-0.2, -0.15) is 4.98 Å². The summed E-state index contributed by atoms with van der Waals surface area (Å²) in [5.41, 5.74) is 0. The molecule has 6 heteroatoms. The zero-order valence-electron chi connectivity index (χ0n) is 9.49. The van der Waals surface area contributed by atoms with Gasteiger partial charge in [0.2, 0.25) is 5.89 Å². The first-order valence-electron chi connectivity index (χ1n) is 5.54.